The van der Waals surface area contributed by atoms with Gasteiger partial charge in [0.05, 0.1) is 17.9 Å². The molecule has 1 unspecified atom stereocenters. The molecule has 0 aromatic carbocycles. The summed E-state index contributed by atoms with van der Waals surface area (Å²) in [6, 6.07) is -1.11. The summed E-state index contributed by atoms with van der Waals surface area (Å²) >= 11 is 1.31. The highest BCUT2D eigenvalue weighted by molar-refractivity contribution is 7.98. The molecule has 1 amide bonds. The van der Waals surface area contributed by atoms with Gasteiger partial charge in [-0.25, -0.2) is 14.8 Å². The molecular weight excluding hydrogens is 282 g/mol. The lowest BCUT2D eigenvalue weighted by Crippen LogP contribution is -2.44. The van der Waals surface area contributed by atoms with Crippen molar-refractivity contribution in [3.63, 3.8) is 0 Å². The van der Waals surface area contributed by atoms with Crippen LogP contribution in [0.3, 0.4) is 0 Å². The van der Waals surface area contributed by atoms with E-state index in [2.05, 4.69) is 15.3 Å². The number of aliphatic carboxylic acids is 1. The number of carboxylic acids is 1. The maximum atomic E-state index is 12.2. The molecule has 0 fully saturated rings. The zero-order valence-corrected chi connectivity index (χ0v) is 12.6. The van der Waals surface area contributed by atoms with E-state index in [0.717, 1.165) is 0 Å². The largest absolute Gasteiger partial charge is 0.480 e. The van der Waals surface area contributed by atoms with E-state index in [-0.39, 0.29) is 6.61 Å². The second kappa shape index (κ2) is 7.20. The fraction of sp³-hybridized carbons (Fsp3) is 0.500. The van der Waals surface area contributed by atoms with Crippen LogP contribution in [-0.4, -0.2) is 53.0 Å². The van der Waals surface area contributed by atoms with Crippen molar-refractivity contribution in [3.8, 4) is 0 Å². The first kappa shape index (κ1) is 16.4. The third-order valence-electron chi connectivity index (χ3n) is 2.53. The summed E-state index contributed by atoms with van der Waals surface area (Å²) in [5, 5.41) is 11.9. The first-order valence-electron chi connectivity index (χ1n) is 5.82. The van der Waals surface area contributed by atoms with E-state index in [1.165, 1.54) is 18.9 Å². The van der Waals surface area contributed by atoms with Crippen LogP contribution in [0.1, 0.15) is 21.9 Å². The van der Waals surface area contributed by atoms with Gasteiger partial charge in [-0.15, -0.1) is 11.8 Å². The fourth-order valence-electron chi connectivity index (χ4n) is 1.66. The number of ether oxygens (including phenoxy) is 1. The summed E-state index contributed by atoms with van der Waals surface area (Å²) in [5.41, 5.74) is 0.811. The van der Waals surface area contributed by atoms with Crippen LogP contribution in [0.25, 0.3) is 0 Å². The summed E-state index contributed by atoms with van der Waals surface area (Å²) in [6.45, 7) is 3.32. The van der Waals surface area contributed by atoms with Gasteiger partial charge >= 0.3 is 5.97 Å². The molecule has 0 aliphatic carbocycles. The summed E-state index contributed by atoms with van der Waals surface area (Å²) in [7, 11) is 1.37. The Kier molecular flexibility index (Phi) is 5.90. The van der Waals surface area contributed by atoms with Crippen molar-refractivity contribution in [3.05, 3.63) is 17.1 Å². The van der Waals surface area contributed by atoms with Crippen LogP contribution >= 0.6 is 11.8 Å². The Bertz CT molecular complexity index is 522. The minimum absolute atomic E-state index is 0.110. The summed E-state index contributed by atoms with van der Waals surface area (Å²) < 4.78 is 4.78. The van der Waals surface area contributed by atoms with Crippen LogP contribution in [0, 0.1) is 13.8 Å². The third kappa shape index (κ3) is 3.91. The number of aromatic nitrogens is 2. The smallest absolute Gasteiger partial charge is 0.328 e. The molecule has 0 spiro atoms. The van der Waals surface area contributed by atoms with Crippen LogP contribution in [0.15, 0.2) is 5.03 Å². The van der Waals surface area contributed by atoms with E-state index >= 15 is 0 Å². The van der Waals surface area contributed by atoms with Crippen molar-refractivity contribution in [2.24, 2.45) is 0 Å². The Morgan fingerprint density at radius 3 is 2.55 bits per heavy atom. The highest BCUT2D eigenvalue weighted by atomic mass is 32.2. The molecule has 1 rings (SSSR count). The van der Waals surface area contributed by atoms with E-state index in [9.17, 15) is 9.59 Å². The number of nitrogens with zero attached hydrogens (tertiary/aromatic N) is 2. The van der Waals surface area contributed by atoms with E-state index in [0.29, 0.717) is 22.1 Å². The molecule has 1 heterocycles. The number of nitrogens with one attached hydrogen (secondary N) is 1. The number of carbonyl (C=O) groups is 2. The molecule has 20 heavy (non-hydrogen) atoms. The van der Waals surface area contributed by atoms with Gasteiger partial charge in [-0.2, -0.15) is 0 Å². The van der Waals surface area contributed by atoms with E-state index < -0.39 is 17.9 Å². The number of rotatable bonds is 6. The Balaban J connectivity index is 3.05. The Hall–Kier alpha value is -1.67. The monoisotopic (exact) mass is 299 g/mol. The molecular formula is C12H17N3O4S. The average molecular weight is 299 g/mol. The van der Waals surface area contributed by atoms with Gasteiger partial charge in [-0.05, 0) is 20.1 Å². The van der Waals surface area contributed by atoms with Gasteiger partial charge in [0.25, 0.3) is 5.91 Å². The number of thioether (sulfide) groups is 1. The van der Waals surface area contributed by atoms with Crippen LogP contribution in [0.5, 0.6) is 0 Å². The van der Waals surface area contributed by atoms with Gasteiger partial charge in [-0.3, -0.25) is 4.79 Å². The van der Waals surface area contributed by atoms with Crippen molar-refractivity contribution >= 4 is 23.6 Å². The van der Waals surface area contributed by atoms with Crippen molar-refractivity contribution in [1.82, 2.24) is 15.3 Å². The molecule has 110 valence electrons. The number of amides is 1. The lowest BCUT2D eigenvalue weighted by atomic mass is 10.2. The van der Waals surface area contributed by atoms with E-state index in [4.69, 9.17) is 9.84 Å². The Morgan fingerprint density at radius 2 is 2.05 bits per heavy atom. The molecule has 0 radical (unpaired) electrons. The SMILES string of the molecule is COCC(NC(=O)c1c(C)nc(C)nc1SC)C(=O)O. The highest BCUT2D eigenvalue weighted by Crippen LogP contribution is 2.20. The quantitative estimate of drug-likeness (QED) is 0.587. The van der Waals surface area contributed by atoms with Crippen molar-refractivity contribution in [1.29, 1.82) is 0 Å². The van der Waals surface area contributed by atoms with Crippen molar-refractivity contribution in [2.45, 2.75) is 24.9 Å². The molecule has 1 aromatic heterocycles. The number of methoxy groups -OCH3 is 1. The molecule has 0 saturated carbocycles. The van der Waals surface area contributed by atoms with Crippen molar-refractivity contribution < 1.29 is 19.4 Å². The van der Waals surface area contributed by atoms with Crippen molar-refractivity contribution in [2.75, 3.05) is 20.0 Å². The Labute approximate surface area is 121 Å². The van der Waals surface area contributed by atoms with E-state index in [1.54, 1.807) is 20.1 Å². The molecule has 1 atom stereocenters. The highest BCUT2D eigenvalue weighted by Gasteiger charge is 2.24. The minimum Gasteiger partial charge on any atom is -0.480 e. The zero-order valence-electron chi connectivity index (χ0n) is 11.8. The molecule has 0 aliphatic heterocycles. The number of hydrogen-bond donors (Lipinski definition) is 2. The first-order chi connectivity index (χ1) is 9.40. The third-order valence-corrected chi connectivity index (χ3v) is 3.21. The maximum absolute atomic E-state index is 12.2. The second-order valence-electron chi connectivity index (χ2n) is 4.06. The second-order valence-corrected chi connectivity index (χ2v) is 4.86. The number of carbonyl (C=O) groups excluding carboxylic acids is 1. The first-order valence-corrected chi connectivity index (χ1v) is 7.05. The van der Waals surface area contributed by atoms with Crippen LogP contribution in [0.4, 0.5) is 0 Å². The van der Waals surface area contributed by atoms with Gasteiger partial charge < -0.3 is 15.2 Å². The summed E-state index contributed by atoms with van der Waals surface area (Å²) in [6.07, 6.45) is 1.79. The topological polar surface area (TPSA) is 101 Å². The van der Waals surface area contributed by atoms with Gasteiger partial charge in [0.1, 0.15) is 10.9 Å². The van der Waals surface area contributed by atoms with Gasteiger partial charge in [0.15, 0.2) is 6.04 Å². The number of aryl methyl sites for hydroxylation is 2. The average Bonchev–Trinajstić information content (AvgIpc) is 2.36. The molecule has 1 aromatic rings. The fourth-order valence-corrected chi connectivity index (χ4v) is 2.33. The molecule has 0 aliphatic rings. The van der Waals surface area contributed by atoms with Gasteiger partial charge in [0.2, 0.25) is 0 Å². The van der Waals surface area contributed by atoms with Crippen LogP contribution in [0.2, 0.25) is 0 Å². The maximum Gasteiger partial charge on any atom is 0.328 e. The van der Waals surface area contributed by atoms with Crippen LogP contribution < -0.4 is 5.32 Å². The molecule has 0 saturated heterocycles. The zero-order chi connectivity index (χ0) is 15.3. The lowest BCUT2D eigenvalue weighted by Gasteiger charge is -2.15. The van der Waals surface area contributed by atoms with Crippen LogP contribution in [-0.2, 0) is 9.53 Å². The molecule has 8 heteroatoms. The number of hydrogen-bond acceptors (Lipinski definition) is 6. The predicted octanol–water partition coefficient (Wildman–Crippen LogP) is 0.645. The summed E-state index contributed by atoms with van der Waals surface area (Å²) in [5.74, 6) is -1.11. The molecule has 0 bridgehead atoms. The molecule has 7 nitrogen and oxygen atoms in total. The predicted molar refractivity (Wildman–Crippen MR) is 74.1 cm³/mol. The summed E-state index contributed by atoms with van der Waals surface area (Å²) in [4.78, 5) is 31.6. The standard InChI is InChI=1S/C12H17N3O4S/c1-6-9(11(20-4)14-7(2)13-6)10(16)15-8(5-19-3)12(17)18/h8H,5H2,1-4H3,(H,15,16)(H,17,18). The van der Waals surface area contributed by atoms with Gasteiger partial charge in [0, 0.05) is 7.11 Å². The van der Waals surface area contributed by atoms with E-state index in [1.807, 2.05) is 0 Å². The Morgan fingerprint density at radius 1 is 1.40 bits per heavy atom. The molecule has 2 N–H and O–H groups in total. The van der Waals surface area contributed by atoms with Gasteiger partial charge in [-0.1, -0.05) is 0 Å². The normalized spacial score (nSPS) is 12.0. The minimum atomic E-state index is -1.16. The number of carboxylic acid groups (broad SMARTS) is 1. The lowest BCUT2D eigenvalue weighted by molar-refractivity contribution is -0.140.